The van der Waals surface area contributed by atoms with Gasteiger partial charge in [-0.1, -0.05) is 99.9 Å². The zero-order chi connectivity index (χ0) is 64.9. The first kappa shape index (κ1) is 73.4. The molecule has 0 saturated carbocycles. The van der Waals surface area contributed by atoms with Gasteiger partial charge in [0.1, 0.15) is 46.9 Å². The molecule has 24 nitrogen and oxygen atoms in total. The molecule has 0 aliphatic carbocycles. The first-order valence-corrected chi connectivity index (χ1v) is 31.6. The second-order valence-corrected chi connectivity index (χ2v) is 27.7. The van der Waals surface area contributed by atoms with Crippen molar-refractivity contribution in [3.8, 4) is 0 Å². The van der Waals surface area contributed by atoms with Crippen LogP contribution >= 0.6 is 81.2 Å². The van der Waals surface area contributed by atoms with Crippen molar-refractivity contribution in [2.45, 2.75) is 172 Å². The number of halogens is 7. The number of cyclic esters (lactones) is 2. The summed E-state index contributed by atoms with van der Waals surface area (Å²) in [6.07, 6.45) is 9.49. The van der Waals surface area contributed by atoms with Crippen molar-refractivity contribution in [1.29, 1.82) is 0 Å². The Morgan fingerprint density at radius 2 is 1.17 bits per heavy atom. The van der Waals surface area contributed by atoms with Gasteiger partial charge in [0, 0.05) is 39.1 Å². The quantitative estimate of drug-likeness (QED) is 0.157. The lowest BCUT2D eigenvalue weighted by Gasteiger charge is -2.37. The molecule has 1 aromatic carbocycles. The monoisotopic (exact) mass is 1360 g/mol. The van der Waals surface area contributed by atoms with Crippen LogP contribution < -0.4 is 21.3 Å². The summed E-state index contributed by atoms with van der Waals surface area (Å²) >= 11 is 38.9. The summed E-state index contributed by atoms with van der Waals surface area (Å²) in [4.78, 5) is 124. The normalized spacial score (nSPS) is 30.2. The van der Waals surface area contributed by atoms with E-state index in [0.29, 0.717) is 13.0 Å². The third kappa shape index (κ3) is 17.4. The van der Waals surface area contributed by atoms with E-state index >= 15 is 0 Å². The number of esters is 4. The molecule has 0 radical (unpaired) electrons. The summed E-state index contributed by atoms with van der Waals surface area (Å²) in [7, 11) is 2.72. The Hall–Kier alpha value is -4.37. The molecule has 0 aromatic heterocycles. The number of likely N-dealkylation sites (tertiary alicyclic amines) is 1. The zero-order valence-electron chi connectivity index (χ0n) is 50.2. The predicted octanol–water partition coefficient (Wildman–Crippen LogP) is 5.42. The van der Waals surface area contributed by atoms with Gasteiger partial charge in [-0.2, -0.15) is 0 Å². The molecule has 10 fully saturated rings. The predicted molar refractivity (Wildman–Crippen MR) is 325 cm³/mol. The number of methoxy groups -OCH3 is 2. The molecule has 10 saturated heterocycles. The molecule has 11 rings (SSSR count). The summed E-state index contributed by atoms with van der Waals surface area (Å²) < 4.78 is 21.4. The van der Waals surface area contributed by atoms with Crippen molar-refractivity contribution < 1.29 is 71.6 Å². The maximum absolute atomic E-state index is 12.3. The highest BCUT2D eigenvalue weighted by Gasteiger charge is 2.60. The molecular formula is C56H80Cl7N9O15. The van der Waals surface area contributed by atoms with Gasteiger partial charge in [0.15, 0.2) is 0 Å². The summed E-state index contributed by atoms with van der Waals surface area (Å²) in [6, 6.07) is 9.05. The van der Waals surface area contributed by atoms with Crippen LogP contribution in [0.4, 0.5) is 4.79 Å². The fourth-order valence-electron chi connectivity index (χ4n) is 12.1. The van der Waals surface area contributed by atoms with E-state index in [0.717, 1.165) is 109 Å². The Morgan fingerprint density at radius 1 is 0.644 bits per heavy atom. The smallest absolute Gasteiger partial charge is 0.407 e. The number of rotatable bonds is 6. The number of carbonyl (C=O) groups excluding carboxylic acids is 10. The Labute approximate surface area is 542 Å². The van der Waals surface area contributed by atoms with Crippen LogP contribution in [0.3, 0.4) is 0 Å². The van der Waals surface area contributed by atoms with Crippen LogP contribution in [0.2, 0.25) is 0 Å². The van der Waals surface area contributed by atoms with E-state index in [9.17, 15) is 47.9 Å². The minimum atomic E-state index is -1.57. The van der Waals surface area contributed by atoms with E-state index in [2.05, 4.69) is 37.6 Å². The van der Waals surface area contributed by atoms with E-state index in [-0.39, 0.29) is 79.7 Å². The number of nitrogens with zero attached hydrogens (tertiary/aromatic N) is 5. The van der Waals surface area contributed by atoms with Gasteiger partial charge in [-0.3, -0.25) is 38.5 Å². The first-order valence-electron chi connectivity index (χ1n) is 28.6. The first-order chi connectivity index (χ1) is 40.8. The summed E-state index contributed by atoms with van der Waals surface area (Å²) in [5.41, 5.74) is -2.20. The van der Waals surface area contributed by atoms with Crippen molar-refractivity contribution in [3.05, 3.63) is 35.9 Å². The number of fused-ring (bicyclic) bond motifs is 4. The fourth-order valence-corrected chi connectivity index (χ4v) is 13.1. The second kappa shape index (κ2) is 31.1. The minimum Gasteiger partial charge on any atom is -0.468 e. The number of alkyl carbamates (subject to hydrolysis) is 1. The largest absolute Gasteiger partial charge is 0.468 e. The summed E-state index contributed by atoms with van der Waals surface area (Å²) in [5, 5.41) is 10.8. The topological polar surface area (TPSA) is 281 Å². The molecule has 31 heteroatoms. The van der Waals surface area contributed by atoms with E-state index in [4.69, 9.17) is 88.6 Å². The number of benzene rings is 1. The Balaban J connectivity index is 0.000000194. The molecule has 10 aliphatic heterocycles. The van der Waals surface area contributed by atoms with E-state index in [1.54, 1.807) is 16.7 Å². The number of hydrogen-bond acceptors (Lipinski definition) is 18. The van der Waals surface area contributed by atoms with Gasteiger partial charge in [0.05, 0.1) is 27.3 Å². The molecule has 1 aromatic rings. The molecular weight excluding hydrogens is 1290 g/mol. The van der Waals surface area contributed by atoms with E-state index < -0.39 is 59.8 Å². The van der Waals surface area contributed by atoms with Gasteiger partial charge in [-0.05, 0) is 124 Å². The Morgan fingerprint density at radius 3 is 1.68 bits per heavy atom. The molecule has 10 heterocycles. The molecule has 8 atom stereocenters. The van der Waals surface area contributed by atoms with Crippen LogP contribution in [-0.2, 0) is 73.4 Å². The third-order valence-electron chi connectivity index (χ3n) is 17.1. The van der Waals surface area contributed by atoms with Crippen molar-refractivity contribution in [2.24, 2.45) is 0 Å². The van der Waals surface area contributed by atoms with Crippen molar-refractivity contribution >= 4 is 141 Å². The molecule has 6 amide bonds. The Kier molecular flexibility index (Phi) is 26.2. The number of piperazine rings is 2. The minimum absolute atomic E-state index is 0.000370. The standard InChI is InChI=1S/C17H22N2O5.C8H10Cl3NO2.2C8H12N2O2.C7H8Cl3NO2.C7H13NO2.CH3Cl/c1-17(15(21)23-2)9-6-10-19(17)14(20)11-18-16(22)24-12-13-7-4-3-5-8-13;1-7-3-2-4-12(7)5(8(9,10)11)14-6(7)13;2*1-8-3-2-4-10(8)6(11)5-9-7(8)12;8-7(9,10)6-11-3-1-2-4(11)5(12)13-6;1-7(6(9)10-2)4-3-5-8-7;1-2/h3-5,7-8H,6,9-12H2,1-2H3,(H,18,22);5H,2-4H2,1H3;2*2-5H2,1H3,(H,9,12);4,6H,1-3H2;8H,3-5H2,1-2H3;1H3/t17-;5-,7+;2*8-;4-,6+;7-;/m010000./s1. The van der Waals surface area contributed by atoms with Gasteiger partial charge < -0.3 is 59.7 Å². The highest BCUT2D eigenvalue weighted by Crippen LogP contribution is 2.46. The second-order valence-electron chi connectivity index (χ2n) is 23.0. The molecule has 0 spiro atoms. The summed E-state index contributed by atoms with van der Waals surface area (Å²) in [5.74, 6) is -1.38. The number of ether oxygens (including phenoxy) is 5. The molecule has 488 valence electrons. The van der Waals surface area contributed by atoms with Gasteiger partial charge in [-0.25, -0.2) is 19.3 Å². The van der Waals surface area contributed by atoms with Gasteiger partial charge in [0.2, 0.25) is 49.6 Å². The lowest BCUT2D eigenvalue weighted by atomic mass is 9.96. The lowest BCUT2D eigenvalue weighted by molar-refractivity contribution is -0.157. The molecule has 10 aliphatic rings. The third-order valence-corrected chi connectivity index (χ3v) is 18.2. The van der Waals surface area contributed by atoms with Gasteiger partial charge in [0.25, 0.3) is 0 Å². The van der Waals surface area contributed by atoms with E-state index in [1.165, 1.54) is 25.5 Å². The highest BCUT2D eigenvalue weighted by molar-refractivity contribution is 6.68. The number of hydrogen-bond donors (Lipinski definition) is 4. The number of alkyl halides is 7. The maximum atomic E-state index is 12.3. The molecule has 87 heavy (non-hydrogen) atoms. The van der Waals surface area contributed by atoms with Crippen LogP contribution in [-0.4, -0.2) is 217 Å². The molecule has 4 N–H and O–H groups in total. The van der Waals surface area contributed by atoms with Crippen LogP contribution in [0.15, 0.2) is 30.3 Å². The zero-order valence-corrected chi connectivity index (χ0v) is 55.5. The van der Waals surface area contributed by atoms with Crippen LogP contribution in [0.25, 0.3) is 0 Å². The average Bonchev–Trinajstić information content (AvgIpc) is 1.77. The van der Waals surface area contributed by atoms with Crippen LogP contribution in [0, 0.1) is 0 Å². The van der Waals surface area contributed by atoms with Gasteiger partial charge >= 0.3 is 30.0 Å². The van der Waals surface area contributed by atoms with Gasteiger partial charge in [-0.15, -0.1) is 11.6 Å². The van der Waals surface area contributed by atoms with Crippen molar-refractivity contribution in [1.82, 2.24) is 45.8 Å². The Bertz CT molecular complexity index is 2600. The molecule has 0 bridgehead atoms. The summed E-state index contributed by atoms with van der Waals surface area (Å²) in [6.45, 7) is 13.7. The maximum Gasteiger partial charge on any atom is 0.407 e. The number of carbonyl (C=O) groups is 10. The number of amides is 6. The average molecular weight is 1370 g/mol. The van der Waals surface area contributed by atoms with Crippen LogP contribution in [0.1, 0.15) is 117 Å². The van der Waals surface area contributed by atoms with Crippen molar-refractivity contribution in [2.75, 3.05) is 79.5 Å². The fraction of sp³-hybridized carbons (Fsp3) is 0.714. The number of nitrogens with one attached hydrogen (secondary N) is 4. The molecule has 0 unspecified atom stereocenters. The van der Waals surface area contributed by atoms with Crippen LogP contribution in [0.5, 0.6) is 0 Å². The highest BCUT2D eigenvalue weighted by atomic mass is 35.6. The SMILES string of the molecule is CCl.COC(=O)[C@]1(C)CCCN1.COC(=O)[C@]1(C)CCCN1C(=O)CNC(=O)OCc1ccccc1.C[C@@]12CCCN1C(=O)CNC2=O.C[C@@]12CCCN1C(=O)CNC2=O.C[C@@]12CCCN1[C@@H](C(Cl)(Cl)Cl)OC2=O.O=C1O[C@H](C(Cl)(Cl)Cl)N2CCC[C@@H]12. The van der Waals surface area contributed by atoms with Crippen molar-refractivity contribution in [3.63, 3.8) is 0 Å². The lowest BCUT2D eigenvalue weighted by Crippen LogP contribution is -2.62. The van der Waals surface area contributed by atoms with E-state index in [1.807, 2.05) is 67.8 Å².